The number of sulfonamides is 1. The van der Waals surface area contributed by atoms with Gasteiger partial charge in [-0.1, -0.05) is 6.07 Å². The molecule has 0 heterocycles. The van der Waals surface area contributed by atoms with E-state index in [1.54, 1.807) is 0 Å². The van der Waals surface area contributed by atoms with Crippen LogP contribution in [0.3, 0.4) is 0 Å². The molecular formula is C11H12FNO6S. The summed E-state index contributed by atoms with van der Waals surface area (Å²) in [4.78, 5) is 20.7. The van der Waals surface area contributed by atoms with Gasteiger partial charge in [0.1, 0.15) is 18.9 Å². The maximum absolute atomic E-state index is 13.4. The Morgan fingerprint density at radius 2 is 1.70 bits per heavy atom. The van der Waals surface area contributed by atoms with Crippen LogP contribution in [0.25, 0.3) is 0 Å². The van der Waals surface area contributed by atoms with E-state index in [0.29, 0.717) is 0 Å². The summed E-state index contributed by atoms with van der Waals surface area (Å²) in [5, 5.41) is 17.3. The highest BCUT2D eigenvalue weighted by Gasteiger charge is 2.29. The van der Waals surface area contributed by atoms with Gasteiger partial charge in [0, 0.05) is 0 Å². The van der Waals surface area contributed by atoms with Crippen molar-refractivity contribution in [1.82, 2.24) is 4.31 Å². The molecule has 9 heteroatoms. The second kappa shape index (κ2) is 5.97. The lowest BCUT2D eigenvalue weighted by molar-refractivity contribution is -0.139. The normalized spacial score (nSPS) is 11.6. The summed E-state index contributed by atoms with van der Waals surface area (Å²) in [5.74, 6) is -3.80. The van der Waals surface area contributed by atoms with E-state index in [9.17, 15) is 22.4 Å². The quantitative estimate of drug-likeness (QED) is 0.781. The predicted molar refractivity (Wildman–Crippen MR) is 65.2 cm³/mol. The third-order valence-corrected chi connectivity index (χ3v) is 4.19. The zero-order valence-electron chi connectivity index (χ0n) is 10.4. The van der Waals surface area contributed by atoms with Gasteiger partial charge in [-0.25, -0.2) is 12.8 Å². The molecule has 0 bridgehead atoms. The number of carboxylic acids is 2. The van der Waals surface area contributed by atoms with Crippen LogP contribution in [0.15, 0.2) is 23.1 Å². The maximum Gasteiger partial charge on any atom is 0.318 e. The highest BCUT2D eigenvalue weighted by atomic mass is 32.2. The molecule has 0 aromatic heterocycles. The van der Waals surface area contributed by atoms with Gasteiger partial charge < -0.3 is 10.2 Å². The summed E-state index contributed by atoms with van der Waals surface area (Å²) < 4.78 is 37.8. The molecule has 0 aliphatic rings. The monoisotopic (exact) mass is 305 g/mol. The molecule has 0 aliphatic heterocycles. The molecule has 0 saturated carbocycles. The molecule has 0 fully saturated rings. The highest BCUT2D eigenvalue weighted by molar-refractivity contribution is 7.89. The number of aryl methyl sites for hydroxylation is 1. The minimum Gasteiger partial charge on any atom is -0.480 e. The molecule has 0 aliphatic carbocycles. The van der Waals surface area contributed by atoms with Crippen LogP contribution in [0, 0.1) is 12.7 Å². The van der Waals surface area contributed by atoms with Crippen LogP contribution >= 0.6 is 0 Å². The van der Waals surface area contributed by atoms with Crippen molar-refractivity contribution in [3.63, 3.8) is 0 Å². The molecule has 0 radical (unpaired) electrons. The van der Waals surface area contributed by atoms with Gasteiger partial charge in [0.2, 0.25) is 10.0 Å². The van der Waals surface area contributed by atoms with Crippen LogP contribution in [-0.2, 0) is 19.6 Å². The Hall–Kier alpha value is -2.00. The smallest absolute Gasteiger partial charge is 0.318 e. The number of hydrogen-bond acceptors (Lipinski definition) is 4. The molecule has 110 valence electrons. The second-order valence-electron chi connectivity index (χ2n) is 3.97. The Morgan fingerprint density at radius 3 is 2.10 bits per heavy atom. The molecule has 0 saturated heterocycles. The SMILES string of the molecule is Cc1ccc(S(=O)(=O)N(CC(=O)O)CC(=O)O)cc1F. The molecule has 2 N–H and O–H groups in total. The van der Waals surface area contributed by atoms with Crippen molar-refractivity contribution in [2.24, 2.45) is 0 Å². The fourth-order valence-corrected chi connectivity index (χ4v) is 2.76. The summed E-state index contributed by atoms with van der Waals surface area (Å²) in [5.41, 5.74) is 0.215. The number of nitrogens with zero attached hydrogens (tertiary/aromatic N) is 1. The van der Waals surface area contributed by atoms with Gasteiger partial charge in [0.15, 0.2) is 0 Å². The molecule has 1 aromatic carbocycles. The van der Waals surface area contributed by atoms with Gasteiger partial charge in [0.05, 0.1) is 4.90 Å². The topological polar surface area (TPSA) is 112 Å². The van der Waals surface area contributed by atoms with E-state index in [4.69, 9.17) is 10.2 Å². The minimum atomic E-state index is -4.40. The van der Waals surface area contributed by atoms with Crippen molar-refractivity contribution in [3.05, 3.63) is 29.6 Å². The molecule has 7 nitrogen and oxygen atoms in total. The summed E-state index contributed by atoms with van der Waals surface area (Å²) in [6, 6.07) is 3.02. The number of halogens is 1. The van der Waals surface area contributed by atoms with Crippen LogP contribution < -0.4 is 0 Å². The van der Waals surface area contributed by atoms with Gasteiger partial charge in [-0.3, -0.25) is 9.59 Å². The third kappa shape index (κ3) is 3.75. The van der Waals surface area contributed by atoms with E-state index in [1.807, 2.05) is 0 Å². The molecule has 0 atom stereocenters. The Morgan fingerprint density at radius 1 is 1.20 bits per heavy atom. The van der Waals surface area contributed by atoms with Gasteiger partial charge in [0.25, 0.3) is 0 Å². The highest BCUT2D eigenvalue weighted by Crippen LogP contribution is 2.18. The first-order valence-corrected chi connectivity index (χ1v) is 6.78. The molecule has 0 unspecified atom stereocenters. The average molecular weight is 305 g/mol. The van der Waals surface area contributed by atoms with Crippen LogP contribution in [0.4, 0.5) is 4.39 Å². The number of carboxylic acid groups (broad SMARTS) is 2. The first-order valence-electron chi connectivity index (χ1n) is 5.34. The van der Waals surface area contributed by atoms with Crippen molar-refractivity contribution in [3.8, 4) is 0 Å². The van der Waals surface area contributed by atoms with E-state index in [0.717, 1.165) is 12.1 Å². The van der Waals surface area contributed by atoms with Crippen LogP contribution in [0.5, 0.6) is 0 Å². The molecule has 20 heavy (non-hydrogen) atoms. The van der Waals surface area contributed by atoms with Gasteiger partial charge in [-0.15, -0.1) is 0 Å². The van der Waals surface area contributed by atoms with Crippen molar-refractivity contribution in [2.75, 3.05) is 13.1 Å². The van der Waals surface area contributed by atoms with Crippen molar-refractivity contribution >= 4 is 22.0 Å². The Kier molecular flexibility index (Phi) is 4.79. The van der Waals surface area contributed by atoms with E-state index in [1.165, 1.54) is 13.0 Å². The third-order valence-electron chi connectivity index (χ3n) is 2.40. The minimum absolute atomic E-state index is 0.215. The number of carbonyl (C=O) groups is 2. The van der Waals surface area contributed by atoms with Crippen molar-refractivity contribution in [1.29, 1.82) is 0 Å². The largest absolute Gasteiger partial charge is 0.480 e. The second-order valence-corrected chi connectivity index (χ2v) is 5.91. The molecule has 1 rings (SSSR count). The van der Waals surface area contributed by atoms with Gasteiger partial charge >= 0.3 is 11.9 Å². The fourth-order valence-electron chi connectivity index (χ4n) is 1.41. The first kappa shape index (κ1) is 16.1. The zero-order valence-corrected chi connectivity index (χ0v) is 11.2. The van der Waals surface area contributed by atoms with Crippen LogP contribution in [0.1, 0.15) is 5.56 Å². The average Bonchev–Trinajstić information content (AvgIpc) is 2.30. The number of aliphatic carboxylic acids is 2. The predicted octanol–water partition coefficient (Wildman–Crippen LogP) is 0.294. The number of hydrogen-bond donors (Lipinski definition) is 2. The summed E-state index contributed by atoms with van der Waals surface area (Å²) in [7, 11) is -4.40. The van der Waals surface area contributed by atoms with Gasteiger partial charge in [-0.05, 0) is 24.6 Å². The molecular weight excluding hydrogens is 293 g/mol. The zero-order chi connectivity index (χ0) is 15.5. The lowest BCUT2D eigenvalue weighted by Crippen LogP contribution is -2.39. The summed E-state index contributed by atoms with van der Waals surface area (Å²) in [6.45, 7) is -0.619. The summed E-state index contributed by atoms with van der Waals surface area (Å²) in [6.07, 6.45) is 0. The molecule has 0 spiro atoms. The van der Waals surface area contributed by atoms with Crippen molar-refractivity contribution < 1.29 is 32.6 Å². The number of rotatable bonds is 6. The Balaban J connectivity index is 3.24. The molecule has 1 aromatic rings. The number of benzene rings is 1. The Bertz CT molecular complexity index is 626. The fraction of sp³-hybridized carbons (Fsp3) is 0.273. The van der Waals surface area contributed by atoms with E-state index in [-0.39, 0.29) is 9.87 Å². The Labute approximate surface area is 114 Å². The lowest BCUT2D eigenvalue weighted by Gasteiger charge is -2.18. The van der Waals surface area contributed by atoms with E-state index < -0.39 is 45.8 Å². The first-order chi connectivity index (χ1) is 9.14. The lowest BCUT2D eigenvalue weighted by atomic mass is 10.2. The van der Waals surface area contributed by atoms with E-state index in [2.05, 4.69) is 0 Å². The van der Waals surface area contributed by atoms with Crippen molar-refractivity contribution in [2.45, 2.75) is 11.8 Å². The van der Waals surface area contributed by atoms with Crippen LogP contribution in [0.2, 0.25) is 0 Å². The van der Waals surface area contributed by atoms with E-state index >= 15 is 0 Å². The summed E-state index contributed by atoms with van der Waals surface area (Å²) >= 11 is 0. The van der Waals surface area contributed by atoms with Gasteiger partial charge in [-0.2, -0.15) is 4.31 Å². The van der Waals surface area contributed by atoms with Crippen LogP contribution in [-0.4, -0.2) is 48.0 Å². The maximum atomic E-state index is 13.4. The standard InChI is InChI=1S/C11H12FNO6S/c1-7-2-3-8(4-9(7)12)20(18,19)13(5-10(14)15)6-11(16)17/h2-4H,5-6H2,1H3,(H,14,15)(H,16,17). The molecule has 0 amide bonds.